The molecular formula is C21H26O8. The lowest BCUT2D eigenvalue weighted by molar-refractivity contribution is -0.139. The average molecular weight is 406 g/mol. The smallest absolute Gasteiger partial charge is 0.341 e. The maximum Gasteiger partial charge on any atom is 0.341 e. The molecule has 0 spiro atoms. The molecule has 8 heteroatoms. The molecule has 2 aromatic carbocycles. The molecule has 0 aliphatic rings. The van der Waals surface area contributed by atoms with Gasteiger partial charge in [0.2, 0.25) is 0 Å². The SMILES string of the molecule is CCC.CCOC(=O)c1cc(O)c2c(O)c(C(=O)OC)c(CC(=O)OC)cc2c1. The number of aromatic hydroxyl groups is 2. The molecule has 0 bridgehead atoms. The lowest BCUT2D eigenvalue weighted by Gasteiger charge is -2.14. The maximum atomic E-state index is 12.1. The number of hydrogen-bond donors (Lipinski definition) is 2. The van der Waals surface area contributed by atoms with Crippen LogP contribution in [-0.2, 0) is 25.4 Å². The van der Waals surface area contributed by atoms with Gasteiger partial charge in [0, 0.05) is 0 Å². The first-order valence-electron chi connectivity index (χ1n) is 9.09. The molecule has 0 unspecified atom stereocenters. The van der Waals surface area contributed by atoms with E-state index in [2.05, 4.69) is 23.3 Å². The summed E-state index contributed by atoms with van der Waals surface area (Å²) in [5.74, 6) is -3.15. The Bertz CT molecular complexity index is 901. The first-order chi connectivity index (χ1) is 13.7. The summed E-state index contributed by atoms with van der Waals surface area (Å²) in [6, 6.07) is 3.91. The molecule has 0 radical (unpaired) electrons. The quantitative estimate of drug-likeness (QED) is 0.573. The van der Waals surface area contributed by atoms with E-state index < -0.39 is 29.4 Å². The van der Waals surface area contributed by atoms with E-state index in [1.54, 1.807) is 6.92 Å². The number of benzene rings is 2. The van der Waals surface area contributed by atoms with Crippen LogP contribution in [0.5, 0.6) is 11.5 Å². The fourth-order valence-electron chi connectivity index (χ4n) is 2.59. The van der Waals surface area contributed by atoms with Gasteiger partial charge in [-0.2, -0.15) is 0 Å². The Balaban J connectivity index is 0.00000132. The van der Waals surface area contributed by atoms with E-state index in [9.17, 15) is 24.6 Å². The van der Waals surface area contributed by atoms with Crippen LogP contribution in [0.25, 0.3) is 10.8 Å². The number of fused-ring (bicyclic) bond motifs is 1. The van der Waals surface area contributed by atoms with Crippen LogP contribution in [0.2, 0.25) is 0 Å². The number of phenolic OH excluding ortho intramolecular Hbond substituents is 2. The Morgan fingerprint density at radius 1 is 0.931 bits per heavy atom. The largest absolute Gasteiger partial charge is 0.507 e. The van der Waals surface area contributed by atoms with E-state index in [1.807, 2.05) is 0 Å². The molecule has 0 fully saturated rings. The Morgan fingerprint density at radius 2 is 1.55 bits per heavy atom. The Morgan fingerprint density at radius 3 is 2.07 bits per heavy atom. The molecule has 0 saturated carbocycles. The van der Waals surface area contributed by atoms with Gasteiger partial charge in [0.25, 0.3) is 0 Å². The fourth-order valence-corrected chi connectivity index (χ4v) is 2.59. The number of rotatable bonds is 5. The minimum absolute atomic E-state index is 0.0490. The molecule has 29 heavy (non-hydrogen) atoms. The normalized spacial score (nSPS) is 9.97. The third-order valence-electron chi connectivity index (χ3n) is 3.74. The molecule has 2 N–H and O–H groups in total. The highest BCUT2D eigenvalue weighted by Gasteiger charge is 2.24. The lowest BCUT2D eigenvalue weighted by atomic mass is 9.95. The number of ether oxygens (including phenoxy) is 3. The first-order valence-corrected chi connectivity index (χ1v) is 9.09. The van der Waals surface area contributed by atoms with Crippen molar-refractivity contribution in [2.24, 2.45) is 0 Å². The molecule has 2 aromatic rings. The molecule has 0 aliphatic heterocycles. The second kappa shape index (κ2) is 10.9. The molecule has 0 heterocycles. The van der Waals surface area contributed by atoms with Gasteiger partial charge in [-0.3, -0.25) is 4.79 Å². The number of phenols is 2. The molecular weight excluding hydrogens is 380 g/mol. The van der Waals surface area contributed by atoms with E-state index in [0.29, 0.717) is 0 Å². The van der Waals surface area contributed by atoms with Crippen molar-refractivity contribution in [2.45, 2.75) is 33.6 Å². The topological polar surface area (TPSA) is 119 Å². The van der Waals surface area contributed by atoms with Crippen LogP contribution in [-0.4, -0.2) is 48.9 Å². The van der Waals surface area contributed by atoms with E-state index in [-0.39, 0.29) is 40.5 Å². The molecule has 0 atom stereocenters. The van der Waals surface area contributed by atoms with Gasteiger partial charge in [0.15, 0.2) is 0 Å². The zero-order valence-corrected chi connectivity index (χ0v) is 17.2. The first kappa shape index (κ1) is 23.7. The average Bonchev–Trinajstić information content (AvgIpc) is 2.67. The highest BCUT2D eigenvalue weighted by atomic mass is 16.5. The molecule has 0 aliphatic carbocycles. The van der Waals surface area contributed by atoms with E-state index >= 15 is 0 Å². The van der Waals surface area contributed by atoms with Gasteiger partial charge in [-0.05, 0) is 36.1 Å². The van der Waals surface area contributed by atoms with Gasteiger partial charge >= 0.3 is 17.9 Å². The minimum atomic E-state index is -0.878. The van der Waals surface area contributed by atoms with Crippen molar-refractivity contribution in [1.29, 1.82) is 0 Å². The Kier molecular flexibility index (Phi) is 8.92. The van der Waals surface area contributed by atoms with E-state index in [4.69, 9.17) is 4.74 Å². The van der Waals surface area contributed by atoms with Gasteiger partial charge in [-0.1, -0.05) is 20.3 Å². The highest BCUT2D eigenvalue weighted by molar-refractivity contribution is 6.07. The van der Waals surface area contributed by atoms with Crippen LogP contribution < -0.4 is 0 Å². The fraction of sp³-hybridized carbons (Fsp3) is 0.381. The van der Waals surface area contributed by atoms with Gasteiger partial charge in [-0.25, -0.2) is 9.59 Å². The van der Waals surface area contributed by atoms with Crippen LogP contribution in [0.4, 0.5) is 0 Å². The monoisotopic (exact) mass is 406 g/mol. The van der Waals surface area contributed by atoms with Crippen molar-refractivity contribution in [3.8, 4) is 11.5 Å². The zero-order chi connectivity index (χ0) is 22.1. The van der Waals surface area contributed by atoms with Crippen LogP contribution in [0.15, 0.2) is 18.2 Å². The lowest BCUT2D eigenvalue weighted by Crippen LogP contribution is -2.12. The number of carbonyl (C=O) groups is 3. The summed E-state index contributed by atoms with van der Waals surface area (Å²) in [6.45, 7) is 6.04. The molecule has 0 amide bonds. The van der Waals surface area contributed by atoms with Crippen LogP contribution in [0.1, 0.15) is 53.5 Å². The van der Waals surface area contributed by atoms with Crippen LogP contribution in [0.3, 0.4) is 0 Å². The van der Waals surface area contributed by atoms with Crippen molar-refractivity contribution in [2.75, 3.05) is 20.8 Å². The predicted octanol–water partition coefficient (Wildman–Crippen LogP) is 3.35. The second-order valence-corrected chi connectivity index (χ2v) is 6.02. The minimum Gasteiger partial charge on any atom is -0.507 e. The number of hydrogen-bond acceptors (Lipinski definition) is 8. The van der Waals surface area contributed by atoms with Crippen molar-refractivity contribution < 1.29 is 38.8 Å². The predicted molar refractivity (Wildman–Crippen MR) is 106 cm³/mol. The number of esters is 3. The van der Waals surface area contributed by atoms with Crippen molar-refractivity contribution in [3.63, 3.8) is 0 Å². The zero-order valence-electron chi connectivity index (χ0n) is 17.2. The summed E-state index contributed by atoms with van der Waals surface area (Å²) in [7, 11) is 2.31. The van der Waals surface area contributed by atoms with Crippen molar-refractivity contribution in [1.82, 2.24) is 0 Å². The third-order valence-corrected chi connectivity index (χ3v) is 3.74. The number of methoxy groups -OCH3 is 2. The standard InChI is InChI=1S/C18H18O8.C3H8/c1-4-26-17(22)11-6-9-5-10(8-13(20)24-2)15(18(23)25-3)16(21)14(9)12(19)7-11;1-3-2/h5-7,19,21H,4,8H2,1-3H3;3H2,1-2H3. The summed E-state index contributed by atoms with van der Waals surface area (Å²) in [5, 5.41) is 20.9. The van der Waals surface area contributed by atoms with Crippen LogP contribution in [0, 0.1) is 0 Å². The van der Waals surface area contributed by atoms with Gasteiger partial charge in [0.1, 0.15) is 17.1 Å². The highest BCUT2D eigenvalue weighted by Crippen LogP contribution is 2.39. The van der Waals surface area contributed by atoms with Crippen LogP contribution >= 0.6 is 0 Å². The van der Waals surface area contributed by atoms with Crippen molar-refractivity contribution >= 4 is 28.7 Å². The summed E-state index contributed by atoms with van der Waals surface area (Å²) >= 11 is 0. The van der Waals surface area contributed by atoms with Crippen molar-refractivity contribution in [3.05, 3.63) is 34.9 Å². The Hall–Kier alpha value is -3.29. The molecule has 8 nitrogen and oxygen atoms in total. The molecule has 0 aromatic heterocycles. The van der Waals surface area contributed by atoms with E-state index in [1.165, 1.54) is 25.7 Å². The summed E-state index contributed by atoms with van der Waals surface area (Å²) < 4.78 is 14.1. The molecule has 158 valence electrons. The van der Waals surface area contributed by atoms with Gasteiger partial charge in [0.05, 0.1) is 38.2 Å². The molecule has 0 saturated heterocycles. The second-order valence-electron chi connectivity index (χ2n) is 6.02. The summed E-state index contributed by atoms with van der Waals surface area (Å²) in [5.41, 5.74) is -0.0650. The number of carbonyl (C=O) groups excluding carboxylic acids is 3. The summed E-state index contributed by atoms with van der Waals surface area (Å²) in [6.07, 6.45) is 0.939. The summed E-state index contributed by atoms with van der Waals surface area (Å²) in [4.78, 5) is 35.6. The van der Waals surface area contributed by atoms with Gasteiger partial charge < -0.3 is 24.4 Å². The third kappa shape index (κ3) is 5.60. The van der Waals surface area contributed by atoms with Gasteiger partial charge in [-0.15, -0.1) is 0 Å². The maximum absolute atomic E-state index is 12.1. The van der Waals surface area contributed by atoms with E-state index in [0.717, 1.165) is 13.2 Å². The molecule has 2 rings (SSSR count). The Labute approximate surface area is 169 Å².